The van der Waals surface area contributed by atoms with Crippen LogP contribution in [0.3, 0.4) is 0 Å². The zero-order valence-electron chi connectivity index (χ0n) is 18.6. The molecule has 0 unspecified atom stereocenters. The van der Waals surface area contributed by atoms with Crippen molar-refractivity contribution < 1.29 is 14.6 Å². The second kappa shape index (κ2) is 17.2. The van der Waals surface area contributed by atoms with E-state index >= 15 is 0 Å². The maximum atomic E-state index is 11.9. The fraction of sp³-hybridized carbons (Fsp3) is 0.720. The Hall–Kier alpha value is -1.71. The third-order valence-corrected chi connectivity index (χ3v) is 5.47. The van der Waals surface area contributed by atoms with Crippen molar-refractivity contribution >= 4 is 11.7 Å². The van der Waals surface area contributed by atoms with Crippen LogP contribution >= 0.6 is 0 Å². The number of carbonyl (C=O) groups excluding carboxylic acids is 1. The van der Waals surface area contributed by atoms with Gasteiger partial charge in [0, 0.05) is 11.8 Å². The average Bonchev–Trinajstić information content (AvgIpc) is 2.70. The van der Waals surface area contributed by atoms with Gasteiger partial charge in [0.05, 0.1) is 6.61 Å². The summed E-state index contributed by atoms with van der Waals surface area (Å²) in [6.07, 6.45) is 21.1. The molecular formula is C25H43NO3. The van der Waals surface area contributed by atoms with Crippen LogP contribution in [0.2, 0.25) is 0 Å². The fourth-order valence-corrected chi connectivity index (χ4v) is 3.61. The first-order valence-electron chi connectivity index (χ1n) is 11.9. The van der Waals surface area contributed by atoms with Crippen molar-refractivity contribution in [2.75, 3.05) is 12.3 Å². The summed E-state index contributed by atoms with van der Waals surface area (Å²) in [5.74, 6) is -0.606. The number of nitrogen functional groups attached to an aromatic ring is 1. The van der Waals surface area contributed by atoms with Crippen LogP contribution < -0.4 is 5.73 Å². The normalized spacial score (nSPS) is 10.9. The minimum absolute atomic E-state index is 0.123. The summed E-state index contributed by atoms with van der Waals surface area (Å²) in [6.45, 7) is 2.68. The van der Waals surface area contributed by atoms with Gasteiger partial charge in [-0.25, -0.2) is 4.79 Å². The summed E-state index contributed by atoms with van der Waals surface area (Å²) in [4.78, 5) is 11.9. The molecule has 0 amide bonds. The van der Waals surface area contributed by atoms with E-state index in [1.165, 1.54) is 102 Å². The predicted molar refractivity (Wildman–Crippen MR) is 122 cm³/mol. The number of carbonyl (C=O) groups is 1. The molecule has 0 atom stereocenters. The molecule has 0 aliphatic heterocycles. The van der Waals surface area contributed by atoms with Crippen LogP contribution in [0, 0.1) is 0 Å². The highest BCUT2D eigenvalue weighted by Gasteiger charge is 2.12. The Kier molecular flexibility index (Phi) is 15.0. The van der Waals surface area contributed by atoms with Gasteiger partial charge >= 0.3 is 5.97 Å². The molecule has 0 aliphatic carbocycles. The van der Waals surface area contributed by atoms with Gasteiger partial charge in [-0.05, 0) is 18.6 Å². The standard InChI is InChI=1S/C25H43NO3/c1-2-3-4-5-6-7-8-9-10-11-12-13-14-15-16-17-20-29-25(28)23-19-18-22(26)21-24(23)27/h18-19,21,27H,2-17,20,26H2,1H3. The molecule has 0 saturated carbocycles. The van der Waals surface area contributed by atoms with Crippen molar-refractivity contribution in [2.24, 2.45) is 0 Å². The maximum Gasteiger partial charge on any atom is 0.341 e. The number of nitrogens with two attached hydrogens (primary N) is 1. The number of hydrogen-bond acceptors (Lipinski definition) is 4. The lowest BCUT2D eigenvalue weighted by molar-refractivity contribution is 0.0494. The Labute approximate surface area is 178 Å². The second-order valence-electron chi connectivity index (χ2n) is 8.22. The monoisotopic (exact) mass is 405 g/mol. The number of phenols is 1. The molecule has 1 rings (SSSR count). The third-order valence-electron chi connectivity index (χ3n) is 5.47. The highest BCUT2D eigenvalue weighted by Crippen LogP contribution is 2.21. The van der Waals surface area contributed by atoms with E-state index < -0.39 is 5.97 Å². The highest BCUT2D eigenvalue weighted by molar-refractivity contribution is 5.92. The topological polar surface area (TPSA) is 72.5 Å². The fourth-order valence-electron chi connectivity index (χ4n) is 3.61. The zero-order valence-corrected chi connectivity index (χ0v) is 18.6. The van der Waals surface area contributed by atoms with E-state index in [0.29, 0.717) is 12.3 Å². The van der Waals surface area contributed by atoms with E-state index in [4.69, 9.17) is 10.5 Å². The van der Waals surface area contributed by atoms with Gasteiger partial charge < -0.3 is 15.6 Å². The van der Waals surface area contributed by atoms with E-state index in [1.54, 1.807) is 6.07 Å². The molecule has 0 fully saturated rings. The van der Waals surface area contributed by atoms with Crippen molar-refractivity contribution in [1.29, 1.82) is 0 Å². The Morgan fingerprint density at radius 3 is 1.69 bits per heavy atom. The van der Waals surface area contributed by atoms with Gasteiger partial charge in [0.15, 0.2) is 0 Å². The van der Waals surface area contributed by atoms with Crippen LogP contribution in [-0.2, 0) is 4.74 Å². The predicted octanol–water partition coefficient (Wildman–Crippen LogP) is 7.39. The molecule has 4 nitrogen and oxygen atoms in total. The largest absolute Gasteiger partial charge is 0.507 e. The summed E-state index contributed by atoms with van der Waals surface area (Å²) in [5.41, 5.74) is 6.16. The van der Waals surface area contributed by atoms with E-state index in [-0.39, 0.29) is 11.3 Å². The van der Waals surface area contributed by atoms with Crippen molar-refractivity contribution in [2.45, 2.75) is 110 Å². The van der Waals surface area contributed by atoms with Crippen LogP contribution in [-0.4, -0.2) is 17.7 Å². The second-order valence-corrected chi connectivity index (χ2v) is 8.22. The first kappa shape index (κ1) is 25.3. The molecule has 0 spiro atoms. The Bertz CT molecular complexity index is 545. The summed E-state index contributed by atoms with van der Waals surface area (Å²) in [7, 11) is 0. The molecule has 0 heterocycles. The molecule has 0 aromatic heterocycles. The van der Waals surface area contributed by atoms with E-state index in [1.807, 2.05) is 0 Å². The lowest BCUT2D eigenvalue weighted by Crippen LogP contribution is -2.07. The number of hydrogen-bond donors (Lipinski definition) is 2. The van der Waals surface area contributed by atoms with Gasteiger partial charge in [-0.3, -0.25) is 0 Å². The lowest BCUT2D eigenvalue weighted by Gasteiger charge is -2.07. The summed E-state index contributed by atoms with van der Waals surface area (Å²) >= 11 is 0. The number of benzene rings is 1. The smallest absolute Gasteiger partial charge is 0.341 e. The first-order valence-corrected chi connectivity index (χ1v) is 11.9. The van der Waals surface area contributed by atoms with E-state index in [2.05, 4.69) is 6.92 Å². The highest BCUT2D eigenvalue weighted by atomic mass is 16.5. The summed E-state index contributed by atoms with van der Waals surface area (Å²) in [5, 5.41) is 9.72. The molecule has 1 aromatic carbocycles. The van der Waals surface area contributed by atoms with Gasteiger partial charge in [-0.2, -0.15) is 0 Å². The Balaban J connectivity index is 1.84. The SMILES string of the molecule is CCCCCCCCCCCCCCCCCCOC(=O)c1ccc(N)cc1O. The number of aromatic hydroxyl groups is 1. The van der Waals surface area contributed by atoms with Gasteiger partial charge in [-0.1, -0.05) is 103 Å². The minimum atomic E-state index is -0.483. The van der Waals surface area contributed by atoms with E-state index in [9.17, 15) is 9.90 Å². The molecule has 0 radical (unpaired) electrons. The summed E-state index contributed by atoms with van der Waals surface area (Å²) < 4.78 is 5.23. The molecule has 4 heteroatoms. The van der Waals surface area contributed by atoms with E-state index in [0.717, 1.165) is 12.8 Å². The molecule has 1 aromatic rings. The first-order chi connectivity index (χ1) is 14.1. The zero-order chi connectivity index (χ0) is 21.2. The van der Waals surface area contributed by atoms with Gasteiger partial charge in [-0.15, -0.1) is 0 Å². The number of ether oxygens (including phenoxy) is 1. The molecule has 0 saturated heterocycles. The third kappa shape index (κ3) is 13.2. The minimum Gasteiger partial charge on any atom is -0.507 e. The van der Waals surface area contributed by atoms with Crippen LogP contribution in [0.1, 0.15) is 120 Å². The molecule has 0 bridgehead atoms. The van der Waals surface area contributed by atoms with Gasteiger partial charge in [0.2, 0.25) is 0 Å². The number of rotatable bonds is 18. The number of anilines is 1. The van der Waals surface area contributed by atoms with Crippen LogP contribution in [0.25, 0.3) is 0 Å². The van der Waals surface area contributed by atoms with Crippen molar-refractivity contribution in [1.82, 2.24) is 0 Å². The van der Waals surface area contributed by atoms with Crippen molar-refractivity contribution in [3.63, 3.8) is 0 Å². The number of unbranched alkanes of at least 4 members (excludes halogenated alkanes) is 15. The molecular weight excluding hydrogens is 362 g/mol. The number of esters is 1. The Morgan fingerprint density at radius 1 is 0.793 bits per heavy atom. The molecule has 3 N–H and O–H groups in total. The molecule has 166 valence electrons. The van der Waals surface area contributed by atoms with Gasteiger partial charge in [0.1, 0.15) is 11.3 Å². The van der Waals surface area contributed by atoms with Crippen LogP contribution in [0.5, 0.6) is 5.75 Å². The quantitative estimate of drug-likeness (QED) is 0.152. The van der Waals surface area contributed by atoms with Crippen LogP contribution in [0.4, 0.5) is 5.69 Å². The maximum absolute atomic E-state index is 11.9. The molecule has 0 aliphatic rings. The average molecular weight is 406 g/mol. The van der Waals surface area contributed by atoms with Crippen molar-refractivity contribution in [3.05, 3.63) is 23.8 Å². The van der Waals surface area contributed by atoms with Crippen molar-refractivity contribution in [3.8, 4) is 5.75 Å². The Morgan fingerprint density at radius 2 is 1.24 bits per heavy atom. The summed E-state index contributed by atoms with van der Waals surface area (Å²) in [6, 6.07) is 4.46. The number of phenolic OH excluding ortho intramolecular Hbond substituents is 1. The molecule has 29 heavy (non-hydrogen) atoms. The van der Waals surface area contributed by atoms with Crippen LogP contribution in [0.15, 0.2) is 18.2 Å². The van der Waals surface area contributed by atoms with Gasteiger partial charge in [0.25, 0.3) is 0 Å². The lowest BCUT2D eigenvalue weighted by atomic mass is 10.0.